The molecule has 86 valence electrons. The van der Waals surface area contributed by atoms with Crippen molar-refractivity contribution in [1.82, 2.24) is 15.0 Å². The van der Waals surface area contributed by atoms with Gasteiger partial charge >= 0.3 is 0 Å². The van der Waals surface area contributed by atoms with Crippen LogP contribution in [0.2, 0.25) is 0 Å². The molecular weight excluding hydrogens is 236 g/mol. The fraction of sp³-hybridized carbons (Fsp3) is 0.0909. The summed E-state index contributed by atoms with van der Waals surface area (Å²) in [5.74, 6) is 1.04. The van der Waals surface area contributed by atoms with E-state index in [2.05, 4.69) is 15.0 Å². The van der Waals surface area contributed by atoms with Crippen LogP contribution < -0.4 is 5.73 Å². The van der Waals surface area contributed by atoms with Gasteiger partial charge in [0, 0.05) is 17.9 Å². The summed E-state index contributed by atoms with van der Waals surface area (Å²) in [7, 11) is 0. The maximum absolute atomic E-state index is 9.36. The number of nitrogens with two attached hydrogens (primary N) is 1. The Morgan fingerprint density at radius 1 is 1.35 bits per heavy atom. The molecule has 0 fully saturated rings. The molecule has 17 heavy (non-hydrogen) atoms. The summed E-state index contributed by atoms with van der Waals surface area (Å²) in [6, 6.07) is 5.05. The van der Waals surface area contributed by atoms with E-state index in [0.29, 0.717) is 11.6 Å². The van der Waals surface area contributed by atoms with Crippen LogP contribution in [0.15, 0.2) is 23.6 Å². The van der Waals surface area contributed by atoms with Crippen LogP contribution >= 0.6 is 11.3 Å². The highest BCUT2D eigenvalue weighted by Crippen LogP contribution is 2.19. The van der Waals surface area contributed by atoms with Gasteiger partial charge in [-0.1, -0.05) is 0 Å². The molecule has 0 aliphatic carbocycles. The molecule has 0 saturated carbocycles. The number of benzene rings is 1. The van der Waals surface area contributed by atoms with Gasteiger partial charge in [-0.2, -0.15) is 0 Å². The zero-order valence-corrected chi connectivity index (χ0v) is 9.66. The first-order valence-electron chi connectivity index (χ1n) is 5.08. The third-order valence-corrected chi connectivity index (χ3v) is 3.16. The van der Waals surface area contributed by atoms with Gasteiger partial charge in [0.2, 0.25) is 0 Å². The van der Waals surface area contributed by atoms with E-state index in [1.54, 1.807) is 18.2 Å². The number of phenolic OH excluding ortho intramolecular Hbond substituents is 1. The van der Waals surface area contributed by atoms with E-state index in [0.717, 1.165) is 22.6 Å². The van der Waals surface area contributed by atoms with Gasteiger partial charge in [-0.15, -0.1) is 11.3 Å². The van der Waals surface area contributed by atoms with E-state index in [9.17, 15) is 5.11 Å². The van der Waals surface area contributed by atoms with E-state index in [1.165, 1.54) is 11.3 Å². The van der Waals surface area contributed by atoms with Gasteiger partial charge < -0.3 is 15.8 Å². The van der Waals surface area contributed by atoms with E-state index in [4.69, 9.17) is 5.73 Å². The Balaban J connectivity index is 1.95. The number of nitrogen functional groups attached to an aromatic ring is 1. The normalized spacial score (nSPS) is 11.1. The van der Waals surface area contributed by atoms with Gasteiger partial charge in [0.15, 0.2) is 5.13 Å². The molecule has 5 nitrogen and oxygen atoms in total. The lowest BCUT2D eigenvalue weighted by atomic mass is 10.3. The van der Waals surface area contributed by atoms with Crippen molar-refractivity contribution in [2.75, 3.05) is 5.73 Å². The van der Waals surface area contributed by atoms with E-state index < -0.39 is 0 Å². The number of nitrogens with zero attached hydrogens (tertiary/aromatic N) is 2. The first kappa shape index (κ1) is 10.1. The Labute approximate surface area is 101 Å². The third-order valence-electron chi connectivity index (χ3n) is 2.43. The number of aromatic nitrogens is 3. The molecule has 3 rings (SSSR count). The van der Waals surface area contributed by atoms with Gasteiger partial charge in [-0.05, 0) is 12.1 Å². The van der Waals surface area contributed by atoms with Crippen molar-refractivity contribution in [1.29, 1.82) is 0 Å². The number of phenols is 1. The van der Waals surface area contributed by atoms with Gasteiger partial charge in [0.05, 0.1) is 16.7 Å². The lowest BCUT2D eigenvalue weighted by Gasteiger charge is -1.90. The lowest BCUT2D eigenvalue weighted by Crippen LogP contribution is -1.91. The van der Waals surface area contributed by atoms with Crippen molar-refractivity contribution in [3.05, 3.63) is 35.1 Å². The number of hydrogen-bond donors (Lipinski definition) is 3. The zero-order valence-electron chi connectivity index (χ0n) is 8.84. The number of H-pyrrole nitrogens is 1. The molecule has 0 radical (unpaired) electrons. The van der Waals surface area contributed by atoms with Crippen molar-refractivity contribution in [3.63, 3.8) is 0 Å². The van der Waals surface area contributed by atoms with Crippen LogP contribution in [0.3, 0.4) is 0 Å². The number of rotatable bonds is 2. The molecule has 1 aromatic carbocycles. The molecule has 0 aliphatic heterocycles. The Hall–Kier alpha value is -2.08. The molecule has 2 aromatic heterocycles. The Morgan fingerprint density at radius 3 is 3.00 bits per heavy atom. The number of thiazole rings is 1. The van der Waals surface area contributed by atoms with Gasteiger partial charge in [-0.25, -0.2) is 9.97 Å². The highest BCUT2D eigenvalue weighted by atomic mass is 32.1. The standard InChI is InChI=1S/C11H10N4OS/c12-11-13-6(5-17-11)3-10-14-8-2-1-7(16)4-9(8)15-10/h1-2,4-5,16H,3H2,(H2,12,13)(H,14,15). The van der Waals surface area contributed by atoms with Crippen molar-refractivity contribution in [2.24, 2.45) is 0 Å². The fourth-order valence-electron chi connectivity index (χ4n) is 1.71. The summed E-state index contributed by atoms with van der Waals surface area (Å²) in [5.41, 5.74) is 8.13. The number of hydrogen-bond acceptors (Lipinski definition) is 5. The molecule has 0 unspecified atom stereocenters. The first-order valence-corrected chi connectivity index (χ1v) is 5.96. The Morgan fingerprint density at radius 2 is 2.24 bits per heavy atom. The average molecular weight is 246 g/mol. The van der Waals surface area contributed by atoms with Crippen LogP contribution in [0.5, 0.6) is 5.75 Å². The maximum Gasteiger partial charge on any atom is 0.180 e. The second kappa shape index (κ2) is 3.74. The minimum atomic E-state index is 0.227. The summed E-state index contributed by atoms with van der Waals surface area (Å²) in [5, 5.41) is 11.8. The van der Waals surface area contributed by atoms with Crippen LogP contribution in [0, 0.1) is 0 Å². The Bertz CT molecular complexity index is 673. The number of aromatic amines is 1. The summed E-state index contributed by atoms with van der Waals surface area (Å²) in [6.07, 6.45) is 0.614. The van der Waals surface area contributed by atoms with Gasteiger partial charge in [0.1, 0.15) is 11.6 Å². The van der Waals surface area contributed by atoms with Crippen molar-refractivity contribution in [3.8, 4) is 5.75 Å². The summed E-state index contributed by atoms with van der Waals surface area (Å²) >= 11 is 1.42. The van der Waals surface area contributed by atoms with E-state index >= 15 is 0 Å². The summed E-state index contributed by atoms with van der Waals surface area (Å²) in [6.45, 7) is 0. The molecule has 0 bridgehead atoms. The maximum atomic E-state index is 9.36. The van der Waals surface area contributed by atoms with Crippen LogP contribution in [0.25, 0.3) is 11.0 Å². The number of nitrogens with one attached hydrogen (secondary N) is 1. The second-order valence-corrected chi connectivity index (χ2v) is 4.63. The molecule has 0 spiro atoms. The van der Waals surface area contributed by atoms with Crippen molar-refractivity contribution < 1.29 is 5.11 Å². The van der Waals surface area contributed by atoms with Crippen LogP contribution in [-0.4, -0.2) is 20.1 Å². The molecule has 2 heterocycles. The molecule has 0 atom stereocenters. The number of aromatic hydroxyl groups is 1. The second-order valence-electron chi connectivity index (χ2n) is 3.74. The van der Waals surface area contributed by atoms with E-state index in [1.807, 2.05) is 5.38 Å². The molecule has 0 amide bonds. The lowest BCUT2D eigenvalue weighted by molar-refractivity contribution is 0.476. The van der Waals surface area contributed by atoms with Gasteiger partial charge in [0.25, 0.3) is 0 Å². The van der Waals surface area contributed by atoms with Crippen LogP contribution in [-0.2, 0) is 6.42 Å². The molecule has 3 aromatic rings. The van der Waals surface area contributed by atoms with Crippen LogP contribution in [0.4, 0.5) is 5.13 Å². The zero-order chi connectivity index (χ0) is 11.8. The molecule has 6 heteroatoms. The SMILES string of the molecule is Nc1nc(Cc2nc3ccc(O)cc3[nH]2)cs1. The highest BCUT2D eigenvalue weighted by molar-refractivity contribution is 7.13. The predicted octanol–water partition coefficient (Wildman–Crippen LogP) is 1.90. The average Bonchev–Trinajstić information content (AvgIpc) is 2.84. The summed E-state index contributed by atoms with van der Waals surface area (Å²) < 4.78 is 0. The smallest absolute Gasteiger partial charge is 0.180 e. The van der Waals surface area contributed by atoms with E-state index in [-0.39, 0.29) is 5.75 Å². The highest BCUT2D eigenvalue weighted by Gasteiger charge is 2.06. The van der Waals surface area contributed by atoms with Crippen LogP contribution in [0.1, 0.15) is 11.5 Å². The molecule has 0 saturated heterocycles. The largest absolute Gasteiger partial charge is 0.508 e. The molecule has 4 N–H and O–H groups in total. The Kier molecular flexibility index (Phi) is 2.22. The number of imidazole rings is 1. The third kappa shape index (κ3) is 1.94. The van der Waals surface area contributed by atoms with Crippen molar-refractivity contribution >= 4 is 27.5 Å². The first-order chi connectivity index (χ1) is 8.20. The number of anilines is 1. The molecular formula is C11H10N4OS. The topological polar surface area (TPSA) is 87.8 Å². The van der Waals surface area contributed by atoms with Gasteiger partial charge in [-0.3, -0.25) is 0 Å². The predicted molar refractivity (Wildman–Crippen MR) is 67.1 cm³/mol. The summed E-state index contributed by atoms with van der Waals surface area (Å²) in [4.78, 5) is 11.7. The van der Waals surface area contributed by atoms with Crippen molar-refractivity contribution in [2.45, 2.75) is 6.42 Å². The molecule has 0 aliphatic rings. The minimum absolute atomic E-state index is 0.227. The minimum Gasteiger partial charge on any atom is -0.508 e. The quantitative estimate of drug-likeness (QED) is 0.644. The monoisotopic (exact) mass is 246 g/mol. The number of fused-ring (bicyclic) bond motifs is 1. The fourth-order valence-corrected chi connectivity index (χ4v) is 2.27.